The van der Waals surface area contributed by atoms with Crippen LogP contribution < -0.4 is 0 Å². The van der Waals surface area contributed by atoms with E-state index in [4.69, 9.17) is 0 Å². The molecule has 2 nitrogen and oxygen atoms in total. The Morgan fingerprint density at radius 2 is 1.62 bits per heavy atom. The van der Waals surface area contributed by atoms with Gasteiger partial charge in [-0.1, -0.05) is 13.8 Å². The molecule has 0 spiro atoms. The lowest BCUT2D eigenvalue weighted by atomic mass is 9.66. The van der Waals surface area contributed by atoms with Gasteiger partial charge in [0, 0.05) is 24.9 Å². The van der Waals surface area contributed by atoms with Crippen molar-refractivity contribution in [3.63, 3.8) is 0 Å². The Morgan fingerprint density at radius 3 is 2.08 bits per heavy atom. The van der Waals surface area contributed by atoms with Crippen LogP contribution in [-0.4, -0.2) is 30.8 Å². The quantitative estimate of drug-likeness (QED) is 0.563. The van der Waals surface area contributed by atoms with Crippen LogP contribution in [-0.2, 0) is 4.79 Å². The third kappa shape index (κ3) is 1.41. The molecule has 2 heteroatoms. The van der Waals surface area contributed by atoms with Gasteiger partial charge in [-0.3, -0.25) is 4.79 Å². The number of hydrogen-bond acceptors (Lipinski definition) is 2. The molecule has 0 aromatic carbocycles. The number of likely N-dealkylation sites (tertiary alicyclic amines) is 1. The van der Waals surface area contributed by atoms with E-state index in [2.05, 4.69) is 25.8 Å². The zero-order valence-corrected chi connectivity index (χ0v) is 8.79. The fourth-order valence-corrected chi connectivity index (χ4v) is 3.04. The summed E-state index contributed by atoms with van der Waals surface area (Å²) in [7, 11) is 2.14. The standard InChI is InChI=1S/C11H19NO/c1-7-4-8(2)10-6-12(3)5-9(7)11(10)13/h7-10H,4-6H2,1-3H3/t7-,8-,9+,10+/m1/s1. The number of nitrogens with zero attached hydrogens (tertiary/aromatic N) is 1. The first kappa shape index (κ1) is 9.20. The molecule has 1 aliphatic heterocycles. The highest BCUT2D eigenvalue weighted by atomic mass is 16.1. The van der Waals surface area contributed by atoms with E-state index in [1.54, 1.807) is 0 Å². The topological polar surface area (TPSA) is 20.3 Å². The van der Waals surface area contributed by atoms with E-state index in [1.807, 2.05) is 0 Å². The van der Waals surface area contributed by atoms with E-state index in [0.29, 0.717) is 29.5 Å². The van der Waals surface area contributed by atoms with Crippen molar-refractivity contribution in [2.45, 2.75) is 20.3 Å². The molecule has 1 aliphatic carbocycles. The minimum absolute atomic E-state index is 0.333. The maximum Gasteiger partial charge on any atom is 0.142 e. The van der Waals surface area contributed by atoms with Crippen LogP contribution in [0, 0.1) is 23.7 Å². The van der Waals surface area contributed by atoms with Crippen LogP contribution in [0.1, 0.15) is 20.3 Å². The van der Waals surface area contributed by atoms with Crippen molar-refractivity contribution in [3.05, 3.63) is 0 Å². The summed E-state index contributed by atoms with van der Waals surface area (Å²) in [4.78, 5) is 14.3. The molecule has 2 bridgehead atoms. The second-order valence-corrected chi connectivity index (χ2v) is 5.03. The van der Waals surface area contributed by atoms with E-state index in [1.165, 1.54) is 6.42 Å². The van der Waals surface area contributed by atoms with Crippen molar-refractivity contribution < 1.29 is 4.79 Å². The fraction of sp³-hybridized carbons (Fsp3) is 0.909. The lowest BCUT2D eigenvalue weighted by Gasteiger charge is -2.45. The Labute approximate surface area is 80.3 Å². The summed E-state index contributed by atoms with van der Waals surface area (Å²) in [5.41, 5.74) is 0. The highest BCUT2D eigenvalue weighted by Crippen LogP contribution is 2.38. The van der Waals surface area contributed by atoms with Crippen molar-refractivity contribution in [2.75, 3.05) is 20.1 Å². The summed E-state index contributed by atoms with van der Waals surface area (Å²) in [6.07, 6.45) is 1.24. The number of carbonyl (C=O) groups is 1. The van der Waals surface area contributed by atoms with Gasteiger partial charge in [0.25, 0.3) is 0 Å². The summed E-state index contributed by atoms with van der Waals surface area (Å²) in [6.45, 7) is 6.44. The van der Waals surface area contributed by atoms with Gasteiger partial charge >= 0.3 is 0 Å². The van der Waals surface area contributed by atoms with Crippen molar-refractivity contribution in [3.8, 4) is 0 Å². The molecule has 1 saturated carbocycles. The molecule has 74 valence electrons. The van der Waals surface area contributed by atoms with Crippen molar-refractivity contribution in [2.24, 2.45) is 23.7 Å². The summed E-state index contributed by atoms with van der Waals surface area (Å²) in [6, 6.07) is 0. The molecule has 13 heavy (non-hydrogen) atoms. The largest absolute Gasteiger partial charge is 0.305 e. The fourth-order valence-electron chi connectivity index (χ4n) is 3.04. The summed E-state index contributed by atoms with van der Waals surface area (Å²) < 4.78 is 0. The average Bonchev–Trinajstić information content (AvgIpc) is 2.05. The number of hydrogen-bond donors (Lipinski definition) is 0. The van der Waals surface area contributed by atoms with Crippen molar-refractivity contribution in [1.29, 1.82) is 0 Å². The number of Topliss-reactive ketones (excluding diaryl/α,β-unsaturated/α-hetero) is 1. The number of piperidine rings is 1. The van der Waals surface area contributed by atoms with Gasteiger partial charge in [-0.2, -0.15) is 0 Å². The van der Waals surface area contributed by atoms with Crippen LogP contribution in [0.15, 0.2) is 0 Å². The monoisotopic (exact) mass is 181 g/mol. The highest BCUT2D eigenvalue weighted by molar-refractivity contribution is 5.86. The lowest BCUT2D eigenvalue weighted by molar-refractivity contribution is -0.139. The van der Waals surface area contributed by atoms with Gasteiger partial charge in [-0.15, -0.1) is 0 Å². The number of ketones is 1. The molecule has 0 radical (unpaired) electrons. The van der Waals surface area contributed by atoms with Crippen LogP contribution in [0.3, 0.4) is 0 Å². The summed E-state index contributed by atoms with van der Waals surface area (Å²) in [5, 5.41) is 0. The van der Waals surface area contributed by atoms with Crippen LogP contribution in [0.25, 0.3) is 0 Å². The predicted molar refractivity (Wildman–Crippen MR) is 52.4 cm³/mol. The van der Waals surface area contributed by atoms with Crippen LogP contribution in [0.5, 0.6) is 0 Å². The SMILES string of the molecule is C[C@@H]1C[C@@H](C)[C@@H]2CN(C)C[C@@H]1C2=O. The molecule has 0 aromatic heterocycles. The molecule has 0 N–H and O–H groups in total. The Bertz CT molecular complexity index is 206. The number of rotatable bonds is 0. The average molecular weight is 181 g/mol. The van der Waals surface area contributed by atoms with E-state index >= 15 is 0 Å². The van der Waals surface area contributed by atoms with E-state index < -0.39 is 0 Å². The maximum absolute atomic E-state index is 11.9. The Morgan fingerprint density at radius 1 is 1.15 bits per heavy atom. The van der Waals surface area contributed by atoms with Gasteiger partial charge in [-0.05, 0) is 25.3 Å². The molecule has 0 unspecified atom stereocenters. The van der Waals surface area contributed by atoms with Gasteiger partial charge < -0.3 is 4.90 Å². The van der Waals surface area contributed by atoms with Gasteiger partial charge in [0.15, 0.2) is 0 Å². The molecular weight excluding hydrogens is 162 g/mol. The van der Waals surface area contributed by atoms with Gasteiger partial charge in [0.2, 0.25) is 0 Å². The highest BCUT2D eigenvalue weighted by Gasteiger charge is 2.43. The normalized spacial score (nSPS) is 46.5. The molecule has 2 fully saturated rings. The molecule has 1 heterocycles. The molecule has 4 atom stereocenters. The first-order chi connectivity index (χ1) is 6.09. The smallest absolute Gasteiger partial charge is 0.142 e. The van der Waals surface area contributed by atoms with Gasteiger partial charge in [0.05, 0.1) is 0 Å². The second kappa shape index (κ2) is 3.09. The van der Waals surface area contributed by atoms with Crippen molar-refractivity contribution >= 4 is 5.78 Å². The Hall–Kier alpha value is -0.370. The zero-order chi connectivity index (χ0) is 9.59. The molecule has 1 saturated heterocycles. The number of fused-ring (bicyclic) bond motifs is 2. The second-order valence-electron chi connectivity index (χ2n) is 5.03. The third-order valence-electron chi connectivity index (χ3n) is 3.86. The van der Waals surface area contributed by atoms with Gasteiger partial charge in [-0.25, -0.2) is 0 Å². The third-order valence-corrected chi connectivity index (χ3v) is 3.86. The molecule has 0 aromatic rings. The maximum atomic E-state index is 11.9. The Balaban J connectivity index is 2.22. The molecule has 2 aliphatic rings. The minimum Gasteiger partial charge on any atom is -0.305 e. The van der Waals surface area contributed by atoms with Crippen LogP contribution >= 0.6 is 0 Å². The Kier molecular flexibility index (Phi) is 2.18. The molecule has 0 amide bonds. The lowest BCUT2D eigenvalue weighted by Crippen LogP contribution is -2.53. The summed E-state index contributed by atoms with van der Waals surface area (Å²) >= 11 is 0. The van der Waals surface area contributed by atoms with E-state index in [-0.39, 0.29) is 0 Å². The summed E-state index contributed by atoms with van der Waals surface area (Å²) in [5.74, 6) is 2.41. The van der Waals surface area contributed by atoms with Gasteiger partial charge in [0.1, 0.15) is 5.78 Å². The van der Waals surface area contributed by atoms with Crippen LogP contribution in [0.2, 0.25) is 0 Å². The molecular formula is C11H19NO. The van der Waals surface area contributed by atoms with E-state index in [9.17, 15) is 4.79 Å². The first-order valence-corrected chi connectivity index (χ1v) is 5.32. The number of carbonyl (C=O) groups excluding carboxylic acids is 1. The van der Waals surface area contributed by atoms with E-state index in [0.717, 1.165) is 13.1 Å². The predicted octanol–water partition coefficient (Wildman–Crippen LogP) is 1.41. The first-order valence-electron chi connectivity index (χ1n) is 5.32. The zero-order valence-electron chi connectivity index (χ0n) is 8.79. The molecule has 2 rings (SSSR count). The minimum atomic E-state index is 0.333. The van der Waals surface area contributed by atoms with Crippen LogP contribution in [0.4, 0.5) is 0 Å². The van der Waals surface area contributed by atoms with Crippen molar-refractivity contribution in [1.82, 2.24) is 4.90 Å².